The molecule has 8 nitrogen and oxygen atoms in total. The van der Waals surface area contributed by atoms with Gasteiger partial charge in [-0.05, 0) is 36.1 Å². The molecule has 2 unspecified atom stereocenters. The van der Waals surface area contributed by atoms with Gasteiger partial charge in [-0.2, -0.15) is 0 Å². The Labute approximate surface area is 181 Å². The van der Waals surface area contributed by atoms with E-state index in [9.17, 15) is 9.59 Å². The summed E-state index contributed by atoms with van der Waals surface area (Å²) in [5, 5.41) is 5.73. The van der Waals surface area contributed by atoms with Crippen molar-refractivity contribution in [2.24, 2.45) is 4.99 Å². The summed E-state index contributed by atoms with van der Waals surface area (Å²) in [5.41, 5.74) is 2.28. The van der Waals surface area contributed by atoms with E-state index in [0.717, 1.165) is 24.2 Å². The zero-order valence-electron chi connectivity index (χ0n) is 17.7. The number of nitrogens with one attached hydrogen (secondary N) is 2. The van der Waals surface area contributed by atoms with Gasteiger partial charge >= 0.3 is 6.03 Å². The Bertz CT molecular complexity index is 961. The van der Waals surface area contributed by atoms with E-state index < -0.39 is 18.2 Å². The molecule has 2 N–H and O–H groups in total. The van der Waals surface area contributed by atoms with Gasteiger partial charge < -0.3 is 19.9 Å². The number of hydrogen-bond acceptors (Lipinski definition) is 4. The average Bonchev–Trinajstić information content (AvgIpc) is 3.16. The number of methoxy groups -OCH3 is 1. The molecule has 4 rings (SSSR count). The molecule has 162 valence electrons. The second kappa shape index (κ2) is 9.07. The van der Waals surface area contributed by atoms with Gasteiger partial charge in [-0.1, -0.05) is 42.5 Å². The smallest absolute Gasteiger partial charge is 0.325 e. The highest BCUT2D eigenvalue weighted by Crippen LogP contribution is 2.22. The number of guanidine groups is 1. The van der Waals surface area contributed by atoms with Gasteiger partial charge in [0, 0.05) is 13.6 Å². The van der Waals surface area contributed by atoms with E-state index >= 15 is 0 Å². The van der Waals surface area contributed by atoms with Gasteiger partial charge in [-0.3, -0.25) is 10.1 Å². The van der Waals surface area contributed by atoms with Gasteiger partial charge in [0.2, 0.25) is 0 Å². The number of fused-ring (bicyclic) bond motifs is 1. The maximum absolute atomic E-state index is 12.7. The monoisotopic (exact) mass is 421 g/mol. The number of likely N-dealkylation sites (N-methyl/N-ethyl adjacent to an activating group) is 1. The van der Waals surface area contributed by atoms with Crippen LogP contribution >= 0.6 is 0 Å². The van der Waals surface area contributed by atoms with Crippen LogP contribution in [0.4, 0.5) is 4.79 Å². The SMILES string of the molecule is COc1ccc(CN=C2NC3C(C(=O)NC(=O)N3C)N2CCCc2ccccc2)cc1. The molecule has 2 heterocycles. The molecule has 2 saturated heterocycles. The van der Waals surface area contributed by atoms with Crippen molar-refractivity contribution in [2.75, 3.05) is 20.7 Å². The van der Waals surface area contributed by atoms with Crippen LogP contribution in [0, 0.1) is 0 Å². The van der Waals surface area contributed by atoms with Crippen LogP contribution in [0.1, 0.15) is 17.5 Å². The van der Waals surface area contributed by atoms with E-state index in [0.29, 0.717) is 19.0 Å². The van der Waals surface area contributed by atoms with E-state index in [4.69, 9.17) is 9.73 Å². The van der Waals surface area contributed by atoms with E-state index in [1.807, 2.05) is 47.4 Å². The van der Waals surface area contributed by atoms with Gasteiger partial charge in [0.25, 0.3) is 5.91 Å². The minimum absolute atomic E-state index is 0.296. The maximum Gasteiger partial charge on any atom is 0.325 e. The van der Waals surface area contributed by atoms with Crippen LogP contribution in [0.15, 0.2) is 59.6 Å². The molecule has 31 heavy (non-hydrogen) atoms. The molecule has 2 fully saturated rings. The summed E-state index contributed by atoms with van der Waals surface area (Å²) in [5.74, 6) is 1.13. The second-order valence-electron chi connectivity index (χ2n) is 7.71. The minimum atomic E-state index is -0.506. The van der Waals surface area contributed by atoms with Gasteiger partial charge in [0.15, 0.2) is 12.0 Å². The van der Waals surface area contributed by atoms with Crippen LogP contribution in [0.25, 0.3) is 0 Å². The Morgan fingerprint density at radius 3 is 2.48 bits per heavy atom. The van der Waals surface area contributed by atoms with Crippen LogP contribution < -0.4 is 15.4 Å². The first kappa shape index (κ1) is 20.7. The number of aryl methyl sites for hydroxylation is 1. The highest BCUT2D eigenvalue weighted by Gasteiger charge is 2.49. The molecular weight excluding hydrogens is 394 g/mol. The Balaban J connectivity index is 1.51. The van der Waals surface area contributed by atoms with Crippen molar-refractivity contribution in [3.8, 4) is 5.75 Å². The molecular formula is C23H27N5O3. The maximum atomic E-state index is 12.7. The van der Waals surface area contributed by atoms with Gasteiger partial charge in [-0.15, -0.1) is 0 Å². The zero-order chi connectivity index (χ0) is 21.8. The minimum Gasteiger partial charge on any atom is -0.497 e. The number of urea groups is 1. The molecule has 0 aromatic heterocycles. The summed E-state index contributed by atoms with van der Waals surface area (Å²) < 4.78 is 5.20. The lowest BCUT2D eigenvalue weighted by atomic mass is 10.1. The van der Waals surface area contributed by atoms with Crippen LogP contribution in [0.3, 0.4) is 0 Å². The van der Waals surface area contributed by atoms with Crippen LogP contribution in [-0.2, 0) is 17.8 Å². The molecule has 2 aromatic carbocycles. The third-order valence-electron chi connectivity index (χ3n) is 5.70. The Morgan fingerprint density at radius 1 is 1.03 bits per heavy atom. The van der Waals surface area contributed by atoms with Crippen LogP contribution in [0.2, 0.25) is 0 Å². The summed E-state index contributed by atoms with van der Waals surface area (Å²) in [4.78, 5) is 33.0. The van der Waals surface area contributed by atoms with Crippen molar-refractivity contribution in [2.45, 2.75) is 31.6 Å². The highest BCUT2D eigenvalue weighted by molar-refractivity contribution is 6.04. The largest absolute Gasteiger partial charge is 0.497 e. The number of carbonyl (C=O) groups is 2. The molecule has 2 aromatic rings. The fraction of sp³-hybridized carbons (Fsp3) is 0.348. The lowest BCUT2D eigenvalue weighted by Crippen LogP contribution is -2.64. The number of ether oxygens (including phenoxy) is 1. The molecule has 2 atom stereocenters. The lowest BCUT2D eigenvalue weighted by molar-refractivity contribution is -0.127. The van der Waals surface area contributed by atoms with E-state index in [1.54, 1.807) is 14.2 Å². The molecule has 8 heteroatoms. The third kappa shape index (κ3) is 4.47. The first-order chi connectivity index (χ1) is 15.1. The Kier molecular flexibility index (Phi) is 6.06. The zero-order valence-corrected chi connectivity index (χ0v) is 17.7. The lowest BCUT2D eigenvalue weighted by Gasteiger charge is -2.35. The fourth-order valence-corrected chi connectivity index (χ4v) is 3.96. The first-order valence-electron chi connectivity index (χ1n) is 10.4. The molecule has 2 aliphatic heterocycles. The van der Waals surface area contributed by atoms with Crippen molar-refractivity contribution in [1.82, 2.24) is 20.4 Å². The summed E-state index contributed by atoms with van der Waals surface area (Å²) >= 11 is 0. The van der Waals surface area contributed by atoms with E-state index in [1.165, 1.54) is 10.5 Å². The number of amides is 3. The average molecular weight is 422 g/mol. The number of aliphatic imine (C=N–C) groups is 1. The van der Waals surface area contributed by atoms with Crippen LogP contribution in [-0.4, -0.2) is 60.6 Å². The number of imide groups is 1. The first-order valence-corrected chi connectivity index (χ1v) is 10.4. The van der Waals surface area contributed by atoms with Gasteiger partial charge in [0.1, 0.15) is 11.9 Å². The summed E-state index contributed by atoms with van der Waals surface area (Å²) in [6, 6.07) is 17.1. The third-order valence-corrected chi connectivity index (χ3v) is 5.70. The van der Waals surface area contributed by atoms with Crippen molar-refractivity contribution in [3.05, 3.63) is 65.7 Å². The van der Waals surface area contributed by atoms with Crippen molar-refractivity contribution >= 4 is 17.9 Å². The standard InChI is InChI=1S/C23H27N5O3/c1-27-20-19(21(29)26-23(27)30)28(14-6-9-16-7-4-3-5-8-16)22(25-20)24-15-17-10-12-18(31-2)13-11-17/h3-5,7-8,10-13,19-20H,6,9,14-15H2,1-2H3,(H,24,25)(H,26,29,30). The van der Waals surface area contributed by atoms with E-state index in [-0.39, 0.29) is 5.91 Å². The van der Waals surface area contributed by atoms with Crippen LogP contribution in [0.5, 0.6) is 5.75 Å². The quantitative estimate of drug-likeness (QED) is 0.714. The predicted octanol–water partition coefficient (Wildman–Crippen LogP) is 1.97. The molecule has 2 aliphatic rings. The number of benzene rings is 2. The van der Waals surface area contributed by atoms with E-state index in [2.05, 4.69) is 22.8 Å². The summed E-state index contributed by atoms with van der Waals surface area (Å²) in [6.45, 7) is 1.11. The fourth-order valence-electron chi connectivity index (χ4n) is 3.96. The summed E-state index contributed by atoms with van der Waals surface area (Å²) in [6.07, 6.45) is 1.32. The molecule has 0 radical (unpaired) electrons. The number of carbonyl (C=O) groups excluding carboxylic acids is 2. The van der Waals surface area contributed by atoms with Gasteiger partial charge in [0.05, 0.1) is 13.7 Å². The molecule has 0 spiro atoms. The summed E-state index contributed by atoms with van der Waals surface area (Å²) in [7, 11) is 3.32. The topological polar surface area (TPSA) is 86.3 Å². The van der Waals surface area contributed by atoms with Crippen molar-refractivity contribution in [1.29, 1.82) is 0 Å². The van der Waals surface area contributed by atoms with Crippen molar-refractivity contribution < 1.29 is 14.3 Å². The molecule has 0 bridgehead atoms. The normalized spacial score (nSPS) is 21.7. The predicted molar refractivity (Wildman–Crippen MR) is 118 cm³/mol. The van der Waals surface area contributed by atoms with Crippen molar-refractivity contribution in [3.63, 3.8) is 0 Å². The number of rotatable bonds is 7. The second-order valence-corrected chi connectivity index (χ2v) is 7.71. The Hall–Kier alpha value is -3.55. The molecule has 0 saturated carbocycles. The number of hydrogen-bond donors (Lipinski definition) is 2. The molecule has 3 amide bonds. The number of nitrogens with zero attached hydrogens (tertiary/aromatic N) is 3. The Morgan fingerprint density at radius 2 is 1.77 bits per heavy atom. The highest BCUT2D eigenvalue weighted by atomic mass is 16.5. The molecule has 0 aliphatic carbocycles. The van der Waals surface area contributed by atoms with Gasteiger partial charge in [-0.25, -0.2) is 9.79 Å².